The zero-order valence-electron chi connectivity index (χ0n) is 21.8. The van der Waals surface area contributed by atoms with Gasteiger partial charge < -0.3 is 0 Å². The van der Waals surface area contributed by atoms with E-state index in [1.54, 1.807) is 0 Å². The highest BCUT2D eigenvalue weighted by atomic mass is 14.3. The molecule has 0 unspecified atom stereocenters. The normalized spacial score (nSPS) is 11.6. The minimum absolute atomic E-state index is 1.02. The van der Waals surface area contributed by atoms with Crippen molar-refractivity contribution in [3.8, 4) is 11.1 Å². The largest absolute Gasteiger partial charge is 0.0683 e. The van der Waals surface area contributed by atoms with Crippen molar-refractivity contribution in [3.63, 3.8) is 0 Å². The van der Waals surface area contributed by atoms with Crippen molar-refractivity contribution >= 4 is 43.1 Å². The van der Waals surface area contributed by atoms with E-state index in [1.165, 1.54) is 76.5 Å². The van der Waals surface area contributed by atoms with Gasteiger partial charge in [0.05, 0.1) is 0 Å². The predicted molar refractivity (Wildman–Crippen MR) is 157 cm³/mol. The summed E-state index contributed by atoms with van der Waals surface area (Å²) in [5.41, 5.74) is 8.46. The number of benzene rings is 6. The van der Waals surface area contributed by atoms with Crippen LogP contribution < -0.4 is 0 Å². The number of aryl methyl sites for hydroxylation is 2. The van der Waals surface area contributed by atoms with Crippen LogP contribution in [0.25, 0.3) is 54.2 Å². The second kappa shape index (κ2) is 9.19. The lowest BCUT2D eigenvalue weighted by molar-refractivity contribution is 1.27. The van der Waals surface area contributed by atoms with Crippen LogP contribution in [0.5, 0.6) is 0 Å². The van der Waals surface area contributed by atoms with Crippen molar-refractivity contribution in [1.82, 2.24) is 0 Å². The topological polar surface area (TPSA) is 0 Å². The minimum Gasteiger partial charge on any atom is -0.0683 e. The van der Waals surface area contributed by atoms with Gasteiger partial charge in [0.2, 0.25) is 0 Å². The average Bonchev–Trinajstić information content (AvgIpc) is 3.29. The smallest absolute Gasteiger partial charge is 0.00130 e. The van der Waals surface area contributed by atoms with E-state index in [0.717, 1.165) is 6.42 Å². The van der Waals surface area contributed by atoms with E-state index < -0.39 is 0 Å². The third kappa shape index (κ3) is 3.60. The first-order valence-electron chi connectivity index (χ1n) is 13.1. The maximum atomic E-state index is 2.41. The number of hydrogen-bond acceptors (Lipinski definition) is 0. The molecule has 6 aromatic rings. The first kappa shape index (κ1) is 23.1. The first-order chi connectivity index (χ1) is 17.2. The molecular formula is C35H34. The van der Waals surface area contributed by atoms with Crippen LogP contribution in [0.2, 0.25) is 0 Å². The van der Waals surface area contributed by atoms with Gasteiger partial charge in [-0.3, -0.25) is 0 Å². The standard InChI is InChI=1S/C31H22.2C2H6/c1-18-5-3-7-20-16-28-22(14-26(18)20)9-11-24-13-25-12-10-23-15-27-19(2)6-4-8-21(27)17-29(23)31(25)30(24)28;2*1-2/h3-12,14-17H,13H2,1-2H3;2*1-2H3. The van der Waals surface area contributed by atoms with Gasteiger partial charge in [0.15, 0.2) is 0 Å². The SMILES string of the molecule is CC.CC.Cc1cccc2cc3c4c(ccc3cc12)Cc1ccc2cc3c(C)cccc3cc2c1-4. The molecule has 0 aromatic heterocycles. The van der Waals surface area contributed by atoms with Gasteiger partial charge in [0.25, 0.3) is 0 Å². The van der Waals surface area contributed by atoms with Gasteiger partial charge >= 0.3 is 0 Å². The van der Waals surface area contributed by atoms with Crippen molar-refractivity contribution in [2.45, 2.75) is 48.0 Å². The molecule has 0 nitrogen and oxygen atoms in total. The summed E-state index contributed by atoms with van der Waals surface area (Å²) in [4.78, 5) is 0. The fourth-order valence-electron chi connectivity index (χ4n) is 5.69. The van der Waals surface area contributed by atoms with E-state index in [-0.39, 0.29) is 0 Å². The van der Waals surface area contributed by atoms with Crippen LogP contribution in [0.15, 0.2) is 84.9 Å². The van der Waals surface area contributed by atoms with Crippen LogP contribution in [0.1, 0.15) is 49.9 Å². The van der Waals surface area contributed by atoms with Gasteiger partial charge in [-0.1, -0.05) is 88.4 Å². The van der Waals surface area contributed by atoms with Crippen molar-refractivity contribution in [1.29, 1.82) is 0 Å². The van der Waals surface area contributed by atoms with Gasteiger partial charge in [0.1, 0.15) is 0 Å². The van der Waals surface area contributed by atoms with Gasteiger partial charge in [0, 0.05) is 0 Å². The Balaban J connectivity index is 0.000000605. The highest BCUT2D eigenvalue weighted by molar-refractivity contribution is 6.15. The summed E-state index contributed by atoms with van der Waals surface area (Å²) >= 11 is 0. The highest BCUT2D eigenvalue weighted by Gasteiger charge is 2.23. The zero-order chi connectivity index (χ0) is 24.7. The minimum atomic E-state index is 1.02. The van der Waals surface area contributed by atoms with E-state index in [1.807, 2.05) is 27.7 Å². The summed E-state index contributed by atoms with van der Waals surface area (Å²) in [5, 5.41) is 10.8. The molecule has 0 bridgehead atoms. The predicted octanol–water partition coefficient (Wildman–Crippen LogP) is 10.5. The van der Waals surface area contributed by atoms with Crippen LogP contribution in [-0.4, -0.2) is 0 Å². The van der Waals surface area contributed by atoms with Crippen LogP contribution >= 0.6 is 0 Å². The number of rotatable bonds is 0. The van der Waals surface area contributed by atoms with Crippen molar-refractivity contribution in [2.75, 3.05) is 0 Å². The van der Waals surface area contributed by atoms with E-state index in [9.17, 15) is 0 Å². The summed E-state index contributed by atoms with van der Waals surface area (Å²) in [6.45, 7) is 12.4. The van der Waals surface area contributed by atoms with Gasteiger partial charge in [-0.05, 0) is 121 Å². The number of fused-ring (bicyclic) bond motifs is 9. The monoisotopic (exact) mass is 454 g/mol. The van der Waals surface area contributed by atoms with E-state index in [4.69, 9.17) is 0 Å². The van der Waals surface area contributed by atoms with Gasteiger partial charge in [-0.15, -0.1) is 0 Å². The lowest BCUT2D eigenvalue weighted by atomic mass is 9.90. The molecule has 7 rings (SSSR count). The lowest BCUT2D eigenvalue weighted by Gasteiger charge is -2.13. The maximum Gasteiger partial charge on any atom is -0.00130 e. The zero-order valence-corrected chi connectivity index (χ0v) is 21.8. The second-order valence-electron chi connectivity index (χ2n) is 9.11. The Morgan fingerprint density at radius 3 is 1.23 bits per heavy atom. The molecular weight excluding hydrogens is 420 g/mol. The Morgan fingerprint density at radius 1 is 0.429 bits per heavy atom. The Hall–Kier alpha value is -3.64. The number of hydrogen-bond donors (Lipinski definition) is 0. The molecule has 0 heteroatoms. The van der Waals surface area contributed by atoms with Crippen molar-refractivity contribution in [3.05, 3.63) is 107 Å². The first-order valence-corrected chi connectivity index (χ1v) is 13.1. The molecule has 0 saturated heterocycles. The van der Waals surface area contributed by atoms with Crippen LogP contribution in [0.3, 0.4) is 0 Å². The van der Waals surface area contributed by atoms with Crippen LogP contribution in [-0.2, 0) is 6.42 Å². The molecule has 174 valence electrons. The molecule has 0 saturated carbocycles. The molecule has 0 radical (unpaired) electrons. The Morgan fingerprint density at radius 2 is 0.800 bits per heavy atom. The average molecular weight is 455 g/mol. The van der Waals surface area contributed by atoms with E-state index in [2.05, 4.69) is 98.8 Å². The van der Waals surface area contributed by atoms with Gasteiger partial charge in [-0.25, -0.2) is 0 Å². The van der Waals surface area contributed by atoms with Crippen molar-refractivity contribution in [2.24, 2.45) is 0 Å². The van der Waals surface area contributed by atoms with Crippen LogP contribution in [0, 0.1) is 13.8 Å². The fourth-order valence-corrected chi connectivity index (χ4v) is 5.69. The van der Waals surface area contributed by atoms with E-state index >= 15 is 0 Å². The lowest BCUT2D eigenvalue weighted by Crippen LogP contribution is -1.87. The molecule has 0 N–H and O–H groups in total. The van der Waals surface area contributed by atoms with Gasteiger partial charge in [-0.2, -0.15) is 0 Å². The second-order valence-corrected chi connectivity index (χ2v) is 9.11. The molecule has 0 heterocycles. The maximum absolute atomic E-state index is 2.41. The summed E-state index contributed by atoms with van der Waals surface area (Å²) in [6, 6.07) is 32.1. The molecule has 1 aliphatic carbocycles. The third-order valence-corrected chi connectivity index (χ3v) is 7.28. The Labute approximate surface area is 209 Å². The molecule has 0 amide bonds. The van der Waals surface area contributed by atoms with Crippen LogP contribution in [0.4, 0.5) is 0 Å². The Bertz CT molecular complexity index is 1590. The molecule has 35 heavy (non-hydrogen) atoms. The molecule has 6 aromatic carbocycles. The summed E-state index contributed by atoms with van der Waals surface area (Å²) in [7, 11) is 0. The van der Waals surface area contributed by atoms with Crippen molar-refractivity contribution < 1.29 is 0 Å². The molecule has 0 fully saturated rings. The highest BCUT2D eigenvalue weighted by Crippen LogP contribution is 2.46. The third-order valence-electron chi connectivity index (χ3n) is 7.28. The molecule has 0 spiro atoms. The Kier molecular flexibility index (Phi) is 6.07. The fraction of sp³-hybridized carbons (Fsp3) is 0.200. The summed E-state index contributed by atoms with van der Waals surface area (Å²) in [6.07, 6.45) is 1.02. The molecule has 0 atom stereocenters. The van der Waals surface area contributed by atoms with E-state index in [0.29, 0.717) is 0 Å². The summed E-state index contributed by atoms with van der Waals surface area (Å²) < 4.78 is 0. The quantitative estimate of drug-likeness (QED) is 0.200. The molecule has 0 aliphatic heterocycles. The molecule has 1 aliphatic rings. The summed E-state index contributed by atoms with van der Waals surface area (Å²) in [5.74, 6) is 0.